The molecule has 2 aromatic rings. The minimum absolute atomic E-state index is 0.0329. The number of hydrogen-bond acceptors (Lipinski definition) is 6. The van der Waals surface area contributed by atoms with Crippen LogP contribution in [0.15, 0.2) is 40.4 Å². The van der Waals surface area contributed by atoms with Crippen LogP contribution >= 0.6 is 23.4 Å². The van der Waals surface area contributed by atoms with Crippen molar-refractivity contribution in [3.63, 3.8) is 0 Å². The Bertz CT molecular complexity index is 906. The van der Waals surface area contributed by atoms with Gasteiger partial charge in [0.15, 0.2) is 0 Å². The number of halogens is 1. The highest BCUT2D eigenvalue weighted by atomic mass is 35.5. The molecule has 0 unspecified atom stereocenters. The molecule has 0 amide bonds. The highest BCUT2D eigenvalue weighted by Crippen LogP contribution is 2.35. The average Bonchev–Trinajstić information content (AvgIpc) is 2.76. The summed E-state index contributed by atoms with van der Waals surface area (Å²) in [5.41, 5.74) is 2.83. The Morgan fingerprint density at radius 1 is 1.19 bits per heavy atom. The van der Waals surface area contributed by atoms with Gasteiger partial charge in [-0.15, -0.1) is 11.8 Å². The van der Waals surface area contributed by atoms with E-state index in [1.165, 1.54) is 0 Å². The number of thioether (sulfide) groups is 1. The summed E-state index contributed by atoms with van der Waals surface area (Å²) in [6, 6.07) is 9.38. The van der Waals surface area contributed by atoms with E-state index in [-0.39, 0.29) is 6.42 Å². The van der Waals surface area contributed by atoms with Crippen LogP contribution in [0.1, 0.15) is 42.9 Å². The van der Waals surface area contributed by atoms with Gasteiger partial charge < -0.3 is 14.6 Å². The number of carboxylic acids is 1. The Morgan fingerprint density at radius 3 is 2.66 bits per heavy atom. The second-order valence-electron chi connectivity index (χ2n) is 7.33. The fourth-order valence-electron chi connectivity index (χ4n) is 3.43. The number of benzene rings is 2. The predicted molar refractivity (Wildman–Crippen MR) is 130 cm³/mol. The van der Waals surface area contributed by atoms with E-state index >= 15 is 0 Å². The smallest absolute Gasteiger partial charge is 0.307 e. The van der Waals surface area contributed by atoms with E-state index in [0.717, 1.165) is 59.0 Å². The third-order valence-electron chi connectivity index (χ3n) is 4.85. The van der Waals surface area contributed by atoms with Gasteiger partial charge in [-0.2, -0.15) is 4.91 Å². The first-order chi connectivity index (χ1) is 15.5. The van der Waals surface area contributed by atoms with E-state index in [9.17, 15) is 9.70 Å². The topological polar surface area (TPSA) is 85.2 Å². The maximum atomic E-state index is 10.8. The lowest BCUT2D eigenvalue weighted by atomic mass is 10.0. The number of rotatable bonds is 15. The van der Waals surface area contributed by atoms with Crippen LogP contribution in [0, 0.1) is 4.91 Å². The minimum Gasteiger partial charge on any atom is -0.496 e. The number of ether oxygens (including phenoxy) is 2. The van der Waals surface area contributed by atoms with Crippen LogP contribution in [-0.2, 0) is 24.1 Å². The lowest BCUT2D eigenvalue weighted by Crippen LogP contribution is -2.05. The van der Waals surface area contributed by atoms with Gasteiger partial charge in [0.25, 0.3) is 0 Å². The zero-order valence-corrected chi connectivity index (χ0v) is 20.1. The molecular formula is C24H30ClNO5S. The Kier molecular flexibility index (Phi) is 11.4. The number of carbonyl (C=O) groups is 1. The number of aryl methyl sites for hydroxylation is 1. The lowest BCUT2D eigenvalue weighted by molar-refractivity contribution is -0.136. The molecule has 174 valence electrons. The van der Waals surface area contributed by atoms with Crippen LogP contribution in [0.5, 0.6) is 11.5 Å². The number of methoxy groups -OCH3 is 1. The van der Waals surface area contributed by atoms with E-state index in [2.05, 4.69) is 12.1 Å². The zero-order valence-electron chi connectivity index (χ0n) is 18.6. The molecule has 0 spiro atoms. The molecule has 6 nitrogen and oxygen atoms in total. The van der Waals surface area contributed by atoms with E-state index < -0.39 is 5.97 Å². The molecule has 0 bridgehead atoms. The van der Waals surface area contributed by atoms with Crippen molar-refractivity contribution in [1.29, 1.82) is 0 Å². The molecule has 8 heteroatoms. The highest BCUT2D eigenvalue weighted by Gasteiger charge is 2.15. The molecule has 0 aliphatic carbocycles. The summed E-state index contributed by atoms with van der Waals surface area (Å²) in [5, 5.41) is 12.4. The number of carboxylic acid groups (broad SMARTS) is 1. The molecule has 0 aromatic heterocycles. The number of nitroso groups, excluding NO2 is 1. The second-order valence-corrected chi connectivity index (χ2v) is 8.87. The van der Waals surface area contributed by atoms with Crippen molar-refractivity contribution in [3.8, 4) is 11.5 Å². The molecule has 0 heterocycles. The quantitative estimate of drug-likeness (QED) is 0.186. The molecule has 0 aliphatic heterocycles. The number of nitrogens with zero attached hydrogens (tertiary/aromatic N) is 1. The van der Waals surface area contributed by atoms with Crippen molar-refractivity contribution in [3.05, 3.63) is 57.0 Å². The van der Waals surface area contributed by atoms with Gasteiger partial charge in [-0.05, 0) is 55.0 Å². The summed E-state index contributed by atoms with van der Waals surface area (Å²) in [4.78, 5) is 22.1. The van der Waals surface area contributed by atoms with Gasteiger partial charge in [-0.1, -0.05) is 42.3 Å². The van der Waals surface area contributed by atoms with E-state index in [1.54, 1.807) is 31.0 Å². The largest absolute Gasteiger partial charge is 0.496 e. The third kappa shape index (κ3) is 8.02. The molecule has 0 saturated heterocycles. The van der Waals surface area contributed by atoms with Crippen molar-refractivity contribution < 1.29 is 19.4 Å². The minimum atomic E-state index is -0.872. The third-order valence-corrected chi connectivity index (χ3v) is 6.44. The Labute approximate surface area is 198 Å². The second kappa shape index (κ2) is 14.0. The Morgan fingerprint density at radius 2 is 2.00 bits per heavy atom. The van der Waals surface area contributed by atoms with Crippen LogP contribution in [0.25, 0.3) is 0 Å². The molecule has 0 atom stereocenters. The molecular weight excluding hydrogens is 450 g/mol. The molecule has 0 saturated carbocycles. The van der Waals surface area contributed by atoms with E-state index in [4.69, 9.17) is 26.2 Å². The maximum absolute atomic E-state index is 10.8. The summed E-state index contributed by atoms with van der Waals surface area (Å²) < 4.78 is 11.8. The van der Waals surface area contributed by atoms with Crippen molar-refractivity contribution in [1.82, 2.24) is 0 Å². The van der Waals surface area contributed by atoms with Crippen molar-refractivity contribution >= 4 is 29.3 Å². The van der Waals surface area contributed by atoms with Gasteiger partial charge in [0, 0.05) is 16.2 Å². The van der Waals surface area contributed by atoms with Crippen molar-refractivity contribution in [2.75, 3.05) is 26.0 Å². The van der Waals surface area contributed by atoms with Crippen molar-refractivity contribution in [2.45, 2.75) is 50.3 Å². The number of aliphatic carboxylic acids is 1. The van der Waals surface area contributed by atoms with E-state index in [0.29, 0.717) is 30.2 Å². The zero-order chi connectivity index (χ0) is 23.3. The Hall–Kier alpha value is -2.25. The van der Waals surface area contributed by atoms with Gasteiger partial charge in [-0.25, -0.2) is 0 Å². The monoisotopic (exact) mass is 479 g/mol. The summed E-state index contributed by atoms with van der Waals surface area (Å²) in [7, 11) is 1.67. The Balaban J connectivity index is 1.93. The van der Waals surface area contributed by atoms with Crippen LogP contribution in [0.2, 0.25) is 5.02 Å². The molecule has 2 rings (SSSR count). The van der Waals surface area contributed by atoms with Crippen LogP contribution in [-0.4, -0.2) is 37.1 Å². The number of hydrogen-bond donors (Lipinski definition) is 1. The van der Waals surface area contributed by atoms with Gasteiger partial charge in [0.05, 0.1) is 31.7 Å². The van der Waals surface area contributed by atoms with Gasteiger partial charge in [0.1, 0.15) is 11.5 Å². The van der Waals surface area contributed by atoms with Crippen LogP contribution in [0.3, 0.4) is 0 Å². The molecule has 2 aromatic carbocycles. The van der Waals surface area contributed by atoms with Gasteiger partial charge in [0.2, 0.25) is 0 Å². The van der Waals surface area contributed by atoms with Gasteiger partial charge >= 0.3 is 5.97 Å². The summed E-state index contributed by atoms with van der Waals surface area (Å²) in [5.74, 6) is 1.64. The normalized spacial score (nSPS) is 10.7. The first kappa shape index (κ1) is 26.0. The van der Waals surface area contributed by atoms with E-state index in [1.807, 2.05) is 18.2 Å². The van der Waals surface area contributed by atoms with Crippen LogP contribution in [0.4, 0.5) is 0 Å². The van der Waals surface area contributed by atoms with Crippen molar-refractivity contribution in [2.24, 2.45) is 5.18 Å². The summed E-state index contributed by atoms with van der Waals surface area (Å²) in [6.07, 6.45) is 4.06. The fraction of sp³-hybridized carbons (Fsp3) is 0.458. The summed E-state index contributed by atoms with van der Waals surface area (Å²) in [6.45, 7) is 2.98. The highest BCUT2D eigenvalue weighted by molar-refractivity contribution is 7.99. The standard InChI is InChI=1S/C24H30ClNO5S/c1-3-6-19-21(10-9-18(24(19)30-2)7-4-12-26-29)31-13-5-14-32-22-11-8-17(15-20(22)25)16-23(27)28/h8-11,15H,3-7,12-14,16H2,1-2H3,(H,27,28). The van der Waals surface area contributed by atoms with Crippen LogP contribution < -0.4 is 9.47 Å². The fourth-order valence-corrected chi connectivity index (χ4v) is 4.64. The maximum Gasteiger partial charge on any atom is 0.307 e. The first-order valence-corrected chi connectivity index (χ1v) is 12.1. The molecule has 1 N–H and O–H groups in total. The molecule has 0 radical (unpaired) electrons. The lowest BCUT2D eigenvalue weighted by Gasteiger charge is -2.18. The van der Waals surface area contributed by atoms with Gasteiger partial charge in [-0.3, -0.25) is 4.79 Å². The molecule has 32 heavy (non-hydrogen) atoms. The molecule has 0 aliphatic rings. The summed E-state index contributed by atoms with van der Waals surface area (Å²) >= 11 is 7.92. The molecule has 0 fully saturated rings. The first-order valence-electron chi connectivity index (χ1n) is 10.7. The average molecular weight is 480 g/mol. The SMILES string of the molecule is CCCc1c(OCCCSc2ccc(CC(=O)O)cc2Cl)ccc(CCCN=O)c1OC. The predicted octanol–water partition coefficient (Wildman–Crippen LogP) is 6.19.